The lowest BCUT2D eigenvalue weighted by Gasteiger charge is -2.02. The summed E-state index contributed by atoms with van der Waals surface area (Å²) in [4.78, 5) is 4.15. The summed E-state index contributed by atoms with van der Waals surface area (Å²) >= 11 is 0. The van der Waals surface area contributed by atoms with Crippen LogP contribution in [0.5, 0.6) is 0 Å². The lowest BCUT2D eigenvalue weighted by Crippen LogP contribution is -1.89. The Morgan fingerprint density at radius 1 is 1.70 bits per heavy atom. The average molecular weight is 133 g/mol. The Kier molecular flexibility index (Phi) is 2.21. The monoisotopic (exact) mass is 133 g/mol. The van der Waals surface area contributed by atoms with E-state index in [2.05, 4.69) is 23.7 Å². The van der Waals surface area contributed by atoms with Gasteiger partial charge < -0.3 is 0 Å². The number of rotatable bonds is 1. The molecular weight excluding hydrogens is 122 g/mol. The molecule has 1 aliphatic rings. The third-order valence-electron chi connectivity index (χ3n) is 1.51. The molecule has 1 heterocycles. The van der Waals surface area contributed by atoms with Crippen molar-refractivity contribution in [1.82, 2.24) is 0 Å². The molecule has 0 aromatic heterocycles. The van der Waals surface area contributed by atoms with Crippen molar-refractivity contribution in [3.8, 4) is 0 Å². The lowest BCUT2D eigenvalue weighted by molar-refractivity contribution is 1.22. The van der Waals surface area contributed by atoms with Crippen LogP contribution in [0.25, 0.3) is 0 Å². The van der Waals surface area contributed by atoms with Crippen LogP contribution in [0, 0.1) is 0 Å². The molecule has 0 radical (unpaired) electrons. The van der Waals surface area contributed by atoms with Crippen LogP contribution in [-0.4, -0.2) is 6.21 Å². The zero-order valence-corrected chi connectivity index (χ0v) is 6.17. The van der Waals surface area contributed by atoms with Gasteiger partial charge in [-0.05, 0) is 25.0 Å². The molecule has 0 fully saturated rings. The highest BCUT2D eigenvalue weighted by molar-refractivity contribution is 5.81. The van der Waals surface area contributed by atoms with E-state index in [-0.39, 0.29) is 0 Å². The van der Waals surface area contributed by atoms with Crippen molar-refractivity contribution in [3.05, 3.63) is 36.1 Å². The molecule has 0 amide bonds. The van der Waals surface area contributed by atoms with Gasteiger partial charge in [-0.3, -0.25) is 4.99 Å². The molecule has 0 unspecified atom stereocenters. The molecule has 0 bridgehead atoms. The second-order valence-corrected chi connectivity index (χ2v) is 2.16. The average Bonchev–Trinajstić information content (AvgIpc) is 2.05. The highest BCUT2D eigenvalue weighted by Gasteiger charge is 1.96. The first-order chi connectivity index (χ1) is 4.86. The van der Waals surface area contributed by atoms with Crippen molar-refractivity contribution in [3.63, 3.8) is 0 Å². The molecule has 0 aromatic rings. The van der Waals surface area contributed by atoms with Crippen LogP contribution in [-0.2, 0) is 0 Å². The summed E-state index contributed by atoms with van der Waals surface area (Å²) in [6.07, 6.45) is 8.78. The van der Waals surface area contributed by atoms with Gasteiger partial charge >= 0.3 is 0 Å². The Labute approximate surface area is 61.5 Å². The SMILES string of the molecule is C=CC1=CCC(=CC)C=N1. The zero-order chi connectivity index (χ0) is 7.40. The van der Waals surface area contributed by atoms with Gasteiger partial charge in [0.15, 0.2) is 0 Å². The summed E-state index contributed by atoms with van der Waals surface area (Å²) in [6.45, 7) is 5.66. The normalized spacial score (nSPS) is 20.9. The maximum Gasteiger partial charge on any atom is 0.0587 e. The minimum atomic E-state index is 0.977. The molecule has 0 spiro atoms. The summed E-state index contributed by atoms with van der Waals surface area (Å²) in [5.41, 5.74) is 2.25. The Morgan fingerprint density at radius 2 is 2.50 bits per heavy atom. The van der Waals surface area contributed by atoms with Gasteiger partial charge in [0.1, 0.15) is 0 Å². The Bertz CT molecular complexity index is 219. The van der Waals surface area contributed by atoms with E-state index < -0.39 is 0 Å². The minimum absolute atomic E-state index is 0.977. The van der Waals surface area contributed by atoms with E-state index in [1.54, 1.807) is 6.08 Å². The standard InChI is InChI=1S/C9H11N/c1-3-8-5-6-9(4-2)10-7-8/h3-4,6-7H,2,5H2,1H3. The van der Waals surface area contributed by atoms with Crippen molar-refractivity contribution in [2.75, 3.05) is 0 Å². The van der Waals surface area contributed by atoms with Crippen molar-refractivity contribution < 1.29 is 0 Å². The van der Waals surface area contributed by atoms with Crippen LogP contribution in [0.3, 0.4) is 0 Å². The number of nitrogens with zero attached hydrogens (tertiary/aromatic N) is 1. The summed E-state index contributed by atoms with van der Waals surface area (Å²) in [5, 5.41) is 0. The second-order valence-electron chi connectivity index (χ2n) is 2.16. The Hall–Kier alpha value is -1.11. The number of hydrogen-bond donors (Lipinski definition) is 0. The maximum absolute atomic E-state index is 4.15. The van der Waals surface area contributed by atoms with Gasteiger partial charge in [-0.2, -0.15) is 0 Å². The molecule has 1 nitrogen and oxygen atoms in total. The van der Waals surface area contributed by atoms with Crippen molar-refractivity contribution in [2.24, 2.45) is 4.99 Å². The number of allylic oxidation sites excluding steroid dienone is 4. The van der Waals surface area contributed by atoms with E-state index in [0.717, 1.165) is 12.1 Å². The number of aliphatic imine (C=N–C) groups is 1. The van der Waals surface area contributed by atoms with E-state index in [0.29, 0.717) is 0 Å². The van der Waals surface area contributed by atoms with Crippen molar-refractivity contribution in [1.29, 1.82) is 0 Å². The predicted octanol–water partition coefficient (Wildman–Crippen LogP) is 2.48. The van der Waals surface area contributed by atoms with Gasteiger partial charge in [-0.15, -0.1) is 0 Å². The molecule has 0 aromatic carbocycles. The summed E-state index contributed by atoms with van der Waals surface area (Å²) < 4.78 is 0. The maximum atomic E-state index is 4.15. The fraction of sp³-hybridized carbons (Fsp3) is 0.222. The Balaban J connectivity index is 2.72. The van der Waals surface area contributed by atoms with E-state index in [1.165, 1.54) is 5.57 Å². The molecule has 0 N–H and O–H groups in total. The van der Waals surface area contributed by atoms with E-state index in [4.69, 9.17) is 0 Å². The van der Waals surface area contributed by atoms with Crippen LogP contribution in [0.15, 0.2) is 41.1 Å². The minimum Gasteiger partial charge on any atom is -0.257 e. The summed E-state index contributed by atoms with van der Waals surface area (Å²) in [7, 11) is 0. The fourth-order valence-electron chi connectivity index (χ4n) is 0.814. The third-order valence-corrected chi connectivity index (χ3v) is 1.51. The van der Waals surface area contributed by atoms with Crippen LogP contribution in [0.4, 0.5) is 0 Å². The van der Waals surface area contributed by atoms with Gasteiger partial charge in [0.05, 0.1) is 5.70 Å². The smallest absolute Gasteiger partial charge is 0.0587 e. The lowest BCUT2D eigenvalue weighted by atomic mass is 10.1. The highest BCUT2D eigenvalue weighted by atomic mass is 14.7. The fourth-order valence-corrected chi connectivity index (χ4v) is 0.814. The van der Waals surface area contributed by atoms with Gasteiger partial charge in [0.25, 0.3) is 0 Å². The second kappa shape index (κ2) is 3.16. The molecule has 0 atom stereocenters. The first kappa shape index (κ1) is 7.00. The summed E-state index contributed by atoms with van der Waals surface area (Å²) in [5.74, 6) is 0. The molecule has 0 saturated carbocycles. The summed E-state index contributed by atoms with van der Waals surface area (Å²) in [6, 6.07) is 0. The van der Waals surface area contributed by atoms with Gasteiger partial charge in [-0.25, -0.2) is 0 Å². The molecule has 52 valence electrons. The van der Waals surface area contributed by atoms with Gasteiger partial charge in [-0.1, -0.05) is 18.7 Å². The molecule has 1 rings (SSSR count). The number of hydrogen-bond acceptors (Lipinski definition) is 1. The van der Waals surface area contributed by atoms with Crippen LogP contribution in [0.2, 0.25) is 0 Å². The first-order valence-corrected chi connectivity index (χ1v) is 3.38. The van der Waals surface area contributed by atoms with Crippen LogP contribution >= 0.6 is 0 Å². The van der Waals surface area contributed by atoms with Crippen LogP contribution in [0.1, 0.15) is 13.3 Å². The topological polar surface area (TPSA) is 12.4 Å². The highest BCUT2D eigenvalue weighted by Crippen LogP contribution is 2.11. The van der Waals surface area contributed by atoms with Crippen LogP contribution < -0.4 is 0 Å². The Morgan fingerprint density at radius 3 is 2.90 bits per heavy atom. The molecule has 0 saturated heterocycles. The molecule has 1 heteroatoms. The van der Waals surface area contributed by atoms with E-state index in [9.17, 15) is 0 Å². The molecule has 10 heavy (non-hydrogen) atoms. The van der Waals surface area contributed by atoms with E-state index in [1.807, 2.05) is 13.1 Å². The largest absolute Gasteiger partial charge is 0.257 e. The molecule has 1 aliphatic heterocycles. The predicted molar refractivity (Wildman–Crippen MR) is 45.1 cm³/mol. The zero-order valence-electron chi connectivity index (χ0n) is 6.17. The first-order valence-electron chi connectivity index (χ1n) is 3.38. The third kappa shape index (κ3) is 1.44. The van der Waals surface area contributed by atoms with E-state index >= 15 is 0 Å². The van der Waals surface area contributed by atoms with Crippen molar-refractivity contribution >= 4 is 6.21 Å². The molecule has 0 aliphatic carbocycles. The molecular formula is C9H11N. The quantitative estimate of drug-likeness (QED) is 0.521. The van der Waals surface area contributed by atoms with Gasteiger partial charge in [0, 0.05) is 6.21 Å². The van der Waals surface area contributed by atoms with Crippen molar-refractivity contribution in [2.45, 2.75) is 13.3 Å². The van der Waals surface area contributed by atoms with Gasteiger partial charge in [0.2, 0.25) is 0 Å².